The molecule has 0 radical (unpaired) electrons. The van der Waals surface area contributed by atoms with Crippen molar-refractivity contribution < 1.29 is 26.5 Å². The number of alkyl halides is 3. The normalized spacial score (nSPS) is 12.2. The van der Waals surface area contributed by atoms with E-state index in [1.54, 1.807) is 0 Å². The Morgan fingerprint density at radius 2 is 2.00 bits per heavy atom. The summed E-state index contributed by atoms with van der Waals surface area (Å²) in [5.74, 6) is -0.794. The van der Waals surface area contributed by atoms with Crippen molar-refractivity contribution in [3.8, 4) is 0 Å². The molecule has 0 aliphatic carbocycles. The molecule has 0 fully saturated rings. The Labute approximate surface area is 115 Å². The lowest BCUT2D eigenvalue weighted by Crippen LogP contribution is -2.37. The van der Waals surface area contributed by atoms with Gasteiger partial charge in [-0.25, -0.2) is 9.71 Å². The number of nitrogens with one attached hydrogen (secondary N) is 2. The molecule has 1 aromatic rings. The van der Waals surface area contributed by atoms with Crippen molar-refractivity contribution in [1.29, 1.82) is 0 Å². The third kappa shape index (κ3) is 5.14. The molecule has 1 heterocycles. The van der Waals surface area contributed by atoms with Crippen LogP contribution in [-0.2, 0) is 10.2 Å². The lowest BCUT2D eigenvalue weighted by Gasteiger charge is -2.10. The second-order valence-corrected chi connectivity index (χ2v) is 5.19. The highest BCUT2D eigenvalue weighted by Crippen LogP contribution is 2.24. The van der Waals surface area contributed by atoms with Crippen LogP contribution in [0.4, 0.5) is 24.7 Å². The number of nitrogens with zero attached hydrogens (tertiary/aromatic N) is 2. The van der Waals surface area contributed by atoms with Crippen molar-refractivity contribution in [1.82, 2.24) is 9.71 Å². The van der Waals surface area contributed by atoms with Crippen molar-refractivity contribution in [2.45, 2.75) is 6.18 Å². The summed E-state index contributed by atoms with van der Waals surface area (Å²) in [6, 6.07) is 1.89. The Hall–Kier alpha value is -1.66. The van der Waals surface area contributed by atoms with Crippen LogP contribution in [0.25, 0.3) is 0 Å². The molecule has 8 nitrogen and oxygen atoms in total. The van der Waals surface area contributed by atoms with E-state index in [2.05, 4.69) is 4.98 Å². The topological polar surface area (TPSA) is 114 Å². The van der Waals surface area contributed by atoms with E-state index in [1.807, 2.05) is 0 Å². The summed E-state index contributed by atoms with van der Waals surface area (Å²) in [6.07, 6.45) is -4.78. The van der Waals surface area contributed by atoms with E-state index in [0.29, 0.717) is 0 Å². The number of pyridine rings is 1. The van der Waals surface area contributed by atoms with Gasteiger partial charge in [0.25, 0.3) is 0 Å². The second-order valence-electron chi connectivity index (χ2n) is 3.30. The molecule has 0 aliphatic heterocycles. The molecule has 0 bridgehead atoms. The fourth-order valence-electron chi connectivity index (χ4n) is 0.991. The number of anilines is 1. The van der Waals surface area contributed by atoms with Crippen molar-refractivity contribution in [2.75, 3.05) is 11.3 Å². The summed E-state index contributed by atoms with van der Waals surface area (Å²) in [5, 5.41) is 10.3. The van der Waals surface area contributed by atoms with Gasteiger partial charge in [-0.2, -0.15) is 26.3 Å². The van der Waals surface area contributed by atoms with Gasteiger partial charge in [-0.3, -0.25) is 10.1 Å². The van der Waals surface area contributed by atoms with Crippen LogP contribution in [0.1, 0.15) is 0 Å². The molecule has 0 aliphatic rings. The van der Waals surface area contributed by atoms with Gasteiger partial charge in [0.15, 0.2) is 0 Å². The molecular weight excluding hydrogens is 329 g/mol. The van der Waals surface area contributed by atoms with E-state index >= 15 is 0 Å². The first-order chi connectivity index (χ1) is 9.00. The predicted octanol–water partition coefficient (Wildman–Crippen LogP) is 1.45. The molecule has 0 atom stereocenters. The van der Waals surface area contributed by atoms with Gasteiger partial charge in [0.1, 0.15) is 11.7 Å². The van der Waals surface area contributed by atoms with Crippen molar-refractivity contribution >= 4 is 33.3 Å². The van der Waals surface area contributed by atoms with Gasteiger partial charge in [0.05, 0.1) is 4.92 Å². The van der Waals surface area contributed by atoms with Crippen LogP contribution in [0.2, 0.25) is 5.15 Å². The number of nitro groups is 1. The van der Waals surface area contributed by atoms with Crippen LogP contribution in [0.5, 0.6) is 0 Å². The third-order valence-electron chi connectivity index (χ3n) is 1.73. The summed E-state index contributed by atoms with van der Waals surface area (Å²) in [5.41, 5.74) is -0.758. The average molecular weight is 335 g/mol. The first kappa shape index (κ1) is 16.4. The van der Waals surface area contributed by atoms with Crippen molar-refractivity contribution in [3.05, 3.63) is 27.4 Å². The fourth-order valence-corrected chi connectivity index (χ4v) is 1.97. The summed E-state index contributed by atoms with van der Waals surface area (Å²) in [4.78, 5) is 13.0. The zero-order chi connectivity index (χ0) is 15.6. The maximum Gasteiger partial charge on any atom is 0.402 e. The van der Waals surface area contributed by atoms with Crippen LogP contribution >= 0.6 is 11.6 Å². The number of halogens is 4. The molecule has 0 unspecified atom stereocenters. The number of rotatable bonds is 5. The molecule has 1 aromatic heterocycles. The van der Waals surface area contributed by atoms with Gasteiger partial charge >= 0.3 is 22.1 Å². The second kappa shape index (κ2) is 5.76. The summed E-state index contributed by atoms with van der Waals surface area (Å²) >= 11 is 5.43. The number of hydrogen-bond donors (Lipinski definition) is 2. The molecule has 13 heteroatoms. The highest BCUT2D eigenvalue weighted by Gasteiger charge is 2.30. The Kier molecular flexibility index (Phi) is 4.73. The molecular formula is C7H6ClF3N4O4S. The first-order valence-corrected chi connectivity index (χ1v) is 6.51. The summed E-state index contributed by atoms with van der Waals surface area (Å²) in [6.45, 7) is -1.84. The minimum absolute atomic E-state index is 0.274. The van der Waals surface area contributed by atoms with Gasteiger partial charge in [0.2, 0.25) is 5.82 Å². The Morgan fingerprint density at radius 1 is 1.40 bits per heavy atom. The van der Waals surface area contributed by atoms with E-state index in [4.69, 9.17) is 11.6 Å². The van der Waals surface area contributed by atoms with Crippen LogP contribution in [-0.4, -0.2) is 31.0 Å². The third-order valence-corrected chi connectivity index (χ3v) is 2.93. The maximum absolute atomic E-state index is 11.9. The van der Waals surface area contributed by atoms with Gasteiger partial charge in [-0.05, 0) is 6.07 Å². The molecule has 2 N–H and O–H groups in total. The zero-order valence-corrected chi connectivity index (χ0v) is 10.9. The fraction of sp³-hybridized carbons (Fsp3) is 0.286. The van der Waals surface area contributed by atoms with Gasteiger partial charge in [-0.1, -0.05) is 11.6 Å². The Morgan fingerprint density at radius 3 is 2.50 bits per heavy atom. The summed E-state index contributed by atoms with van der Waals surface area (Å²) < 4.78 is 61.0. The lowest BCUT2D eigenvalue weighted by molar-refractivity contribution is -0.384. The minimum Gasteiger partial charge on any atom is -0.258 e. The Balaban J connectivity index is 2.97. The van der Waals surface area contributed by atoms with Crippen LogP contribution in [0, 0.1) is 10.1 Å². The van der Waals surface area contributed by atoms with Crippen molar-refractivity contribution in [3.63, 3.8) is 0 Å². The van der Waals surface area contributed by atoms with Crippen molar-refractivity contribution in [2.24, 2.45) is 0 Å². The SMILES string of the molecule is O=[N+]([O-])c1ccc(Cl)nc1NS(=O)(=O)NCC(F)(F)F. The van der Waals surface area contributed by atoms with E-state index < -0.39 is 39.4 Å². The standard InChI is InChI=1S/C7H6ClF3N4O4S/c8-5-2-1-4(15(16)17)6(13-5)14-20(18,19)12-3-7(9,10)11/h1-2,12H,3H2,(H,13,14). The number of hydrogen-bond acceptors (Lipinski definition) is 5. The predicted molar refractivity (Wildman–Crippen MR) is 62.5 cm³/mol. The minimum atomic E-state index is -4.78. The van der Waals surface area contributed by atoms with E-state index in [9.17, 15) is 31.7 Å². The molecule has 0 amide bonds. The van der Waals surface area contributed by atoms with Crippen LogP contribution in [0.3, 0.4) is 0 Å². The van der Waals surface area contributed by atoms with E-state index in [0.717, 1.165) is 16.9 Å². The smallest absolute Gasteiger partial charge is 0.258 e. The first-order valence-electron chi connectivity index (χ1n) is 4.65. The zero-order valence-electron chi connectivity index (χ0n) is 9.31. The maximum atomic E-state index is 11.9. The molecule has 0 aromatic carbocycles. The van der Waals surface area contributed by atoms with Crippen LogP contribution in [0.15, 0.2) is 12.1 Å². The lowest BCUT2D eigenvalue weighted by atomic mass is 10.4. The highest BCUT2D eigenvalue weighted by molar-refractivity contribution is 7.90. The number of aromatic nitrogens is 1. The molecule has 1 rings (SSSR count). The molecule has 0 saturated carbocycles. The largest absolute Gasteiger partial charge is 0.402 e. The van der Waals surface area contributed by atoms with Gasteiger partial charge in [0, 0.05) is 6.07 Å². The molecule has 20 heavy (non-hydrogen) atoms. The highest BCUT2D eigenvalue weighted by atomic mass is 35.5. The van der Waals surface area contributed by atoms with Gasteiger partial charge in [-0.15, -0.1) is 0 Å². The summed E-state index contributed by atoms with van der Waals surface area (Å²) in [7, 11) is -4.69. The average Bonchev–Trinajstić information content (AvgIpc) is 2.24. The van der Waals surface area contributed by atoms with E-state index in [1.165, 1.54) is 4.72 Å². The Bertz CT molecular complexity index is 621. The van der Waals surface area contributed by atoms with Crippen LogP contribution < -0.4 is 9.44 Å². The molecule has 112 valence electrons. The molecule has 0 saturated heterocycles. The van der Waals surface area contributed by atoms with Gasteiger partial charge < -0.3 is 0 Å². The monoisotopic (exact) mass is 334 g/mol. The van der Waals surface area contributed by atoms with E-state index in [-0.39, 0.29) is 5.15 Å². The molecule has 0 spiro atoms. The quantitative estimate of drug-likeness (QED) is 0.480.